The third-order valence-corrected chi connectivity index (χ3v) is 7.29. The van der Waals surface area contributed by atoms with Gasteiger partial charge in [-0.1, -0.05) is 17.7 Å². The Bertz CT molecular complexity index is 1100. The molecule has 198 valence electrons. The maximum atomic E-state index is 13.5. The van der Waals surface area contributed by atoms with Crippen molar-refractivity contribution < 1.29 is 27.6 Å². The molecule has 1 unspecified atom stereocenters. The van der Waals surface area contributed by atoms with Crippen molar-refractivity contribution in [3.8, 4) is 0 Å². The third kappa shape index (κ3) is 6.50. The van der Waals surface area contributed by atoms with Crippen LogP contribution in [0.15, 0.2) is 48.5 Å². The van der Waals surface area contributed by atoms with Crippen molar-refractivity contribution in [2.75, 3.05) is 26.2 Å². The largest absolute Gasteiger partial charge is 0.416 e. The number of aryl methyl sites for hydroxylation is 1. The molecule has 9 heteroatoms. The zero-order chi connectivity index (χ0) is 26.6. The van der Waals surface area contributed by atoms with Crippen LogP contribution in [0.5, 0.6) is 0 Å². The number of carbonyl (C=O) groups excluding carboxylic acids is 3. The molecule has 2 saturated heterocycles. The van der Waals surface area contributed by atoms with Crippen LogP contribution in [-0.4, -0.2) is 59.7 Å². The van der Waals surface area contributed by atoms with Crippen LogP contribution in [-0.2, 0) is 11.0 Å². The molecule has 0 saturated carbocycles. The van der Waals surface area contributed by atoms with Gasteiger partial charge in [0.05, 0.1) is 5.56 Å². The number of nitrogens with zero attached hydrogens (tertiary/aromatic N) is 2. The van der Waals surface area contributed by atoms with Gasteiger partial charge < -0.3 is 15.1 Å². The average Bonchev–Trinajstić information content (AvgIpc) is 2.91. The van der Waals surface area contributed by atoms with Crippen molar-refractivity contribution in [2.24, 2.45) is 5.92 Å². The van der Waals surface area contributed by atoms with Crippen LogP contribution in [0.2, 0.25) is 0 Å². The molecule has 1 N–H and O–H groups in total. The monoisotopic (exact) mass is 515 g/mol. The molecule has 4 rings (SSSR count). The van der Waals surface area contributed by atoms with Crippen molar-refractivity contribution in [3.63, 3.8) is 0 Å². The number of carbonyl (C=O) groups is 3. The molecule has 2 aliphatic rings. The van der Waals surface area contributed by atoms with E-state index in [4.69, 9.17) is 0 Å². The van der Waals surface area contributed by atoms with Crippen LogP contribution in [0, 0.1) is 12.8 Å². The highest BCUT2D eigenvalue weighted by Gasteiger charge is 2.37. The van der Waals surface area contributed by atoms with E-state index in [9.17, 15) is 27.6 Å². The number of hydrogen-bond acceptors (Lipinski definition) is 3. The van der Waals surface area contributed by atoms with Crippen molar-refractivity contribution in [2.45, 2.75) is 51.2 Å². The van der Waals surface area contributed by atoms with Gasteiger partial charge in [0.25, 0.3) is 11.8 Å². The lowest BCUT2D eigenvalue weighted by Crippen LogP contribution is -2.55. The SMILES string of the molecule is Cc1ccc(C(=O)NC(C(=O)N2CCCCC2)C2CCN(C(=O)c3ccc(C(F)(F)F)cc3)CC2)cc1. The number of alkyl halides is 3. The standard InChI is InChI=1S/C28H32F3N3O3/c1-19-5-7-21(8-6-19)25(35)32-24(27(37)33-15-3-2-4-16-33)20-13-17-34(18-14-20)26(36)22-9-11-23(12-10-22)28(29,30)31/h5-12,20,24H,2-4,13-18H2,1H3,(H,32,35). The first kappa shape index (κ1) is 26.7. The summed E-state index contributed by atoms with van der Waals surface area (Å²) < 4.78 is 38.6. The number of rotatable bonds is 5. The van der Waals surface area contributed by atoms with Gasteiger partial charge in [-0.3, -0.25) is 14.4 Å². The van der Waals surface area contributed by atoms with Gasteiger partial charge in [-0.15, -0.1) is 0 Å². The quantitative estimate of drug-likeness (QED) is 0.629. The van der Waals surface area contributed by atoms with Gasteiger partial charge in [0.1, 0.15) is 6.04 Å². The van der Waals surface area contributed by atoms with Gasteiger partial charge in [-0.2, -0.15) is 13.2 Å². The molecule has 0 aromatic heterocycles. The lowest BCUT2D eigenvalue weighted by Gasteiger charge is -2.38. The molecule has 3 amide bonds. The second-order valence-corrected chi connectivity index (χ2v) is 9.91. The van der Waals surface area contributed by atoms with E-state index in [-0.39, 0.29) is 29.2 Å². The van der Waals surface area contributed by atoms with E-state index in [1.165, 1.54) is 12.1 Å². The van der Waals surface area contributed by atoms with E-state index < -0.39 is 17.8 Å². The molecule has 37 heavy (non-hydrogen) atoms. The van der Waals surface area contributed by atoms with E-state index in [1.54, 1.807) is 17.0 Å². The highest BCUT2D eigenvalue weighted by Crippen LogP contribution is 2.30. The summed E-state index contributed by atoms with van der Waals surface area (Å²) in [7, 11) is 0. The Kier molecular flexibility index (Phi) is 8.19. The lowest BCUT2D eigenvalue weighted by atomic mass is 9.87. The molecule has 2 aliphatic heterocycles. The molecule has 2 aromatic carbocycles. The normalized spacial score (nSPS) is 17.8. The van der Waals surface area contributed by atoms with Crippen molar-refractivity contribution >= 4 is 17.7 Å². The van der Waals surface area contributed by atoms with E-state index in [0.717, 1.165) is 37.0 Å². The van der Waals surface area contributed by atoms with E-state index in [2.05, 4.69) is 5.32 Å². The molecule has 0 bridgehead atoms. The minimum Gasteiger partial charge on any atom is -0.341 e. The maximum Gasteiger partial charge on any atom is 0.416 e. The minimum absolute atomic E-state index is 0.0901. The van der Waals surface area contributed by atoms with Crippen LogP contribution in [0.3, 0.4) is 0 Å². The Hall–Kier alpha value is -3.36. The molecule has 2 fully saturated rings. The fourth-order valence-corrected chi connectivity index (χ4v) is 5.04. The van der Waals surface area contributed by atoms with Crippen molar-refractivity contribution in [1.82, 2.24) is 15.1 Å². The number of benzene rings is 2. The Morgan fingerprint density at radius 2 is 1.38 bits per heavy atom. The number of hydrogen-bond donors (Lipinski definition) is 1. The predicted molar refractivity (Wildman–Crippen MR) is 133 cm³/mol. The summed E-state index contributed by atoms with van der Waals surface area (Å²) in [5, 5.41) is 2.98. The number of likely N-dealkylation sites (tertiary alicyclic amines) is 2. The summed E-state index contributed by atoms with van der Waals surface area (Å²) in [4.78, 5) is 42.9. The highest BCUT2D eigenvalue weighted by molar-refractivity contribution is 5.98. The molecular formula is C28H32F3N3O3. The van der Waals surface area contributed by atoms with Gasteiger partial charge >= 0.3 is 6.18 Å². The van der Waals surface area contributed by atoms with E-state index in [0.29, 0.717) is 44.6 Å². The van der Waals surface area contributed by atoms with Gasteiger partial charge in [-0.25, -0.2) is 0 Å². The third-order valence-electron chi connectivity index (χ3n) is 7.29. The smallest absolute Gasteiger partial charge is 0.341 e. The van der Waals surface area contributed by atoms with Gasteiger partial charge in [0.2, 0.25) is 5.91 Å². The predicted octanol–water partition coefficient (Wildman–Crippen LogP) is 4.68. The summed E-state index contributed by atoms with van der Waals surface area (Å²) in [6.45, 7) is 3.98. The second-order valence-electron chi connectivity index (χ2n) is 9.91. The minimum atomic E-state index is -4.46. The Morgan fingerprint density at radius 1 is 0.811 bits per heavy atom. The van der Waals surface area contributed by atoms with Crippen LogP contribution in [0.1, 0.15) is 63.9 Å². The zero-order valence-electron chi connectivity index (χ0n) is 20.9. The van der Waals surface area contributed by atoms with Gasteiger partial charge in [0.15, 0.2) is 0 Å². The summed E-state index contributed by atoms with van der Waals surface area (Å²) in [5.41, 5.74) is 0.908. The van der Waals surface area contributed by atoms with Crippen molar-refractivity contribution in [3.05, 3.63) is 70.8 Å². The molecule has 2 heterocycles. The summed E-state index contributed by atoms with van der Waals surface area (Å²) >= 11 is 0. The van der Waals surface area contributed by atoms with Crippen LogP contribution < -0.4 is 5.32 Å². The zero-order valence-corrected chi connectivity index (χ0v) is 20.9. The first-order valence-corrected chi connectivity index (χ1v) is 12.8. The molecule has 0 aliphatic carbocycles. The summed E-state index contributed by atoms with van der Waals surface area (Å²) in [5.74, 6) is -0.887. The summed E-state index contributed by atoms with van der Waals surface area (Å²) in [6, 6.07) is 10.7. The maximum absolute atomic E-state index is 13.5. The number of piperidine rings is 2. The van der Waals surface area contributed by atoms with E-state index in [1.807, 2.05) is 24.0 Å². The molecule has 0 radical (unpaired) electrons. The lowest BCUT2D eigenvalue weighted by molar-refractivity contribution is -0.137. The van der Waals surface area contributed by atoms with Crippen LogP contribution in [0.25, 0.3) is 0 Å². The fraction of sp³-hybridized carbons (Fsp3) is 0.464. The Morgan fingerprint density at radius 3 is 1.95 bits per heavy atom. The number of amides is 3. The van der Waals surface area contributed by atoms with Gasteiger partial charge in [0, 0.05) is 37.3 Å². The van der Waals surface area contributed by atoms with E-state index >= 15 is 0 Å². The average molecular weight is 516 g/mol. The number of halogens is 3. The number of nitrogens with one attached hydrogen (secondary N) is 1. The van der Waals surface area contributed by atoms with Gasteiger partial charge in [-0.05, 0) is 81.3 Å². The summed E-state index contributed by atoms with van der Waals surface area (Å²) in [6.07, 6.45) is -0.502. The molecule has 1 atom stereocenters. The van der Waals surface area contributed by atoms with Crippen LogP contribution in [0.4, 0.5) is 13.2 Å². The molecule has 6 nitrogen and oxygen atoms in total. The van der Waals surface area contributed by atoms with Crippen molar-refractivity contribution in [1.29, 1.82) is 0 Å². The molecular weight excluding hydrogens is 483 g/mol. The first-order chi connectivity index (χ1) is 17.6. The highest BCUT2D eigenvalue weighted by atomic mass is 19.4. The Labute approximate surface area is 214 Å². The Balaban J connectivity index is 1.44. The second kappa shape index (κ2) is 11.4. The fourth-order valence-electron chi connectivity index (χ4n) is 5.04. The van der Waals surface area contributed by atoms with Crippen LogP contribution >= 0.6 is 0 Å². The topological polar surface area (TPSA) is 69.7 Å². The first-order valence-electron chi connectivity index (χ1n) is 12.8. The molecule has 0 spiro atoms. The molecule has 2 aromatic rings.